The smallest absolute Gasteiger partial charge is 0.407 e. The first-order valence-electron chi connectivity index (χ1n) is 7.82. The van der Waals surface area contributed by atoms with Crippen LogP contribution in [0.2, 0.25) is 0 Å². The molecule has 6 heteroatoms. The number of carbonyl (C=O) groups is 2. The zero-order valence-corrected chi connectivity index (χ0v) is 13.0. The van der Waals surface area contributed by atoms with E-state index < -0.39 is 6.09 Å². The molecule has 6 nitrogen and oxygen atoms in total. The number of rotatable bonds is 5. The van der Waals surface area contributed by atoms with Crippen molar-refractivity contribution in [3.63, 3.8) is 0 Å². The molecule has 1 aliphatic rings. The Bertz CT molecular complexity index is 568. The van der Waals surface area contributed by atoms with Crippen molar-refractivity contribution >= 4 is 12.0 Å². The van der Waals surface area contributed by atoms with Crippen LogP contribution in [0.25, 0.3) is 0 Å². The van der Waals surface area contributed by atoms with Crippen LogP contribution in [0.5, 0.6) is 0 Å². The minimum Gasteiger partial charge on any atom is -0.445 e. The average Bonchev–Trinajstić information content (AvgIpc) is 2.59. The molecule has 0 spiro atoms. The van der Waals surface area contributed by atoms with Crippen LogP contribution in [0.3, 0.4) is 0 Å². The van der Waals surface area contributed by atoms with E-state index in [9.17, 15) is 9.59 Å². The summed E-state index contributed by atoms with van der Waals surface area (Å²) in [6.45, 7) is 0.186. The molecule has 1 fully saturated rings. The summed E-state index contributed by atoms with van der Waals surface area (Å²) in [5.74, 6) is -0.485. The standard InChI is InChI=1S/C17H21N3O3/c18-10-11-19-16(21)14-8-4-5-9-15(14)20-17(22)23-12-13-6-2-1-3-7-13/h1-3,6-7,14-15H,4-5,8-9,11-12H2,(H,19,21)(H,20,22)/t14-,15-/m1/s1. The average molecular weight is 315 g/mol. The van der Waals surface area contributed by atoms with Gasteiger partial charge in [-0.25, -0.2) is 4.79 Å². The monoisotopic (exact) mass is 315 g/mol. The summed E-state index contributed by atoms with van der Waals surface area (Å²) in [5, 5.41) is 13.9. The maximum absolute atomic E-state index is 12.1. The molecule has 0 aromatic heterocycles. The summed E-state index contributed by atoms with van der Waals surface area (Å²) in [6.07, 6.45) is 2.85. The summed E-state index contributed by atoms with van der Waals surface area (Å²) < 4.78 is 5.21. The minimum atomic E-state index is -0.515. The van der Waals surface area contributed by atoms with Gasteiger partial charge >= 0.3 is 6.09 Å². The lowest BCUT2D eigenvalue weighted by Crippen LogP contribution is -2.48. The van der Waals surface area contributed by atoms with Crippen LogP contribution in [0, 0.1) is 17.2 Å². The molecule has 2 N–H and O–H groups in total. The summed E-state index contributed by atoms with van der Waals surface area (Å²) >= 11 is 0. The molecule has 0 saturated heterocycles. The highest BCUT2D eigenvalue weighted by Gasteiger charge is 2.32. The second-order valence-electron chi connectivity index (χ2n) is 5.58. The Morgan fingerprint density at radius 3 is 2.70 bits per heavy atom. The first-order chi connectivity index (χ1) is 11.2. The molecule has 23 heavy (non-hydrogen) atoms. The molecule has 2 amide bonds. The summed E-state index contributed by atoms with van der Waals surface area (Å²) in [7, 11) is 0. The second-order valence-corrected chi connectivity index (χ2v) is 5.58. The number of nitrogens with zero attached hydrogens (tertiary/aromatic N) is 1. The van der Waals surface area contributed by atoms with Crippen molar-refractivity contribution in [2.75, 3.05) is 6.54 Å². The Morgan fingerprint density at radius 1 is 1.22 bits per heavy atom. The van der Waals surface area contributed by atoms with Crippen LogP contribution in [-0.4, -0.2) is 24.6 Å². The molecule has 122 valence electrons. The van der Waals surface area contributed by atoms with Crippen molar-refractivity contribution in [2.24, 2.45) is 5.92 Å². The molecule has 0 radical (unpaired) electrons. The first kappa shape index (κ1) is 16.8. The lowest BCUT2D eigenvalue weighted by Gasteiger charge is -2.30. The van der Waals surface area contributed by atoms with E-state index in [1.807, 2.05) is 36.4 Å². The predicted molar refractivity (Wildman–Crippen MR) is 84.1 cm³/mol. The fourth-order valence-corrected chi connectivity index (χ4v) is 2.79. The van der Waals surface area contributed by atoms with Crippen LogP contribution in [0.1, 0.15) is 31.2 Å². The number of nitrogens with one attached hydrogen (secondary N) is 2. The lowest BCUT2D eigenvalue weighted by molar-refractivity contribution is -0.126. The van der Waals surface area contributed by atoms with E-state index >= 15 is 0 Å². The number of nitriles is 1. The summed E-state index contributed by atoms with van der Waals surface area (Å²) in [4.78, 5) is 24.0. The number of benzene rings is 1. The van der Waals surface area contributed by atoms with E-state index in [-0.39, 0.29) is 31.0 Å². The quantitative estimate of drug-likeness (QED) is 0.814. The van der Waals surface area contributed by atoms with Gasteiger partial charge in [-0.1, -0.05) is 43.2 Å². The molecular weight excluding hydrogens is 294 g/mol. The van der Waals surface area contributed by atoms with Gasteiger partial charge in [0.2, 0.25) is 5.91 Å². The van der Waals surface area contributed by atoms with Crippen LogP contribution >= 0.6 is 0 Å². The number of alkyl carbamates (subject to hydrolysis) is 1. The first-order valence-corrected chi connectivity index (χ1v) is 7.82. The van der Waals surface area contributed by atoms with Gasteiger partial charge < -0.3 is 15.4 Å². The van der Waals surface area contributed by atoms with E-state index in [1.165, 1.54) is 0 Å². The number of hydrogen-bond donors (Lipinski definition) is 2. The fraction of sp³-hybridized carbons (Fsp3) is 0.471. The van der Waals surface area contributed by atoms with Gasteiger partial charge in [0, 0.05) is 6.04 Å². The molecule has 1 aromatic carbocycles. The predicted octanol–water partition coefficient (Wildman–Crippen LogP) is 2.11. The van der Waals surface area contributed by atoms with Crippen molar-refractivity contribution in [3.05, 3.63) is 35.9 Å². The Kier molecular flexibility index (Phi) is 6.42. The van der Waals surface area contributed by atoms with Gasteiger partial charge in [-0.2, -0.15) is 5.26 Å². The van der Waals surface area contributed by atoms with Crippen molar-refractivity contribution < 1.29 is 14.3 Å². The van der Waals surface area contributed by atoms with Crippen LogP contribution in [-0.2, 0) is 16.1 Å². The van der Waals surface area contributed by atoms with E-state index in [1.54, 1.807) is 0 Å². The van der Waals surface area contributed by atoms with Crippen molar-refractivity contribution in [3.8, 4) is 6.07 Å². The number of carbonyl (C=O) groups excluding carboxylic acids is 2. The van der Waals surface area contributed by atoms with Gasteiger partial charge in [0.1, 0.15) is 13.2 Å². The minimum absolute atomic E-state index is 0.0134. The van der Waals surface area contributed by atoms with Crippen LogP contribution in [0.15, 0.2) is 30.3 Å². The Morgan fingerprint density at radius 2 is 1.96 bits per heavy atom. The largest absolute Gasteiger partial charge is 0.445 e. The highest BCUT2D eigenvalue weighted by atomic mass is 16.5. The molecule has 1 saturated carbocycles. The van der Waals surface area contributed by atoms with Crippen molar-refractivity contribution in [2.45, 2.75) is 38.3 Å². The van der Waals surface area contributed by atoms with Crippen LogP contribution in [0.4, 0.5) is 4.79 Å². The lowest BCUT2D eigenvalue weighted by atomic mass is 9.84. The number of ether oxygens (including phenoxy) is 1. The van der Waals surface area contributed by atoms with E-state index in [0.717, 1.165) is 24.8 Å². The van der Waals surface area contributed by atoms with Gasteiger partial charge in [0.25, 0.3) is 0 Å². The van der Waals surface area contributed by atoms with Crippen molar-refractivity contribution in [1.82, 2.24) is 10.6 Å². The van der Waals surface area contributed by atoms with E-state index in [4.69, 9.17) is 10.00 Å². The molecule has 2 rings (SSSR count). The Labute approximate surface area is 135 Å². The highest BCUT2D eigenvalue weighted by Crippen LogP contribution is 2.24. The maximum atomic E-state index is 12.1. The molecule has 0 aliphatic heterocycles. The fourth-order valence-electron chi connectivity index (χ4n) is 2.79. The van der Waals surface area contributed by atoms with Crippen molar-refractivity contribution in [1.29, 1.82) is 5.26 Å². The van der Waals surface area contributed by atoms with E-state index in [0.29, 0.717) is 6.42 Å². The topological polar surface area (TPSA) is 91.2 Å². The van der Waals surface area contributed by atoms with E-state index in [2.05, 4.69) is 10.6 Å². The molecular formula is C17H21N3O3. The maximum Gasteiger partial charge on any atom is 0.407 e. The zero-order chi connectivity index (χ0) is 16.5. The molecule has 2 atom stereocenters. The van der Waals surface area contributed by atoms with Gasteiger partial charge in [-0.05, 0) is 18.4 Å². The number of hydrogen-bond acceptors (Lipinski definition) is 4. The molecule has 1 aliphatic carbocycles. The third kappa shape index (κ3) is 5.29. The summed E-state index contributed by atoms with van der Waals surface area (Å²) in [5.41, 5.74) is 0.912. The SMILES string of the molecule is N#CCNC(=O)[C@@H]1CCCC[C@H]1NC(=O)OCc1ccccc1. The Balaban J connectivity index is 1.84. The van der Waals surface area contributed by atoms with Gasteiger partial charge in [0.05, 0.1) is 12.0 Å². The normalized spacial score (nSPS) is 20.1. The molecule has 0 unspecified atom stereocenters. The second kappa shape index (κ2) is 8.79. The third-order valence-corrected chi connectivity index (χ3v) is 3.96. The summed E-state index contributed by atoms with van der Waals surface area (Å²) in [6, 6.07) is 11.1. The Hall–Kier alpha value is -2.55. The zero-order valence-electron chi connectivity index (χ0n) is 13.0. The molecule has 0 heterocycles. The molecule has 1 aromatic rings. The molecule has 0 bridgehead atoms. The van der Waals surface area contributed by atoms with Gasteiger partial charge in [0.15, 0.2) is 0 Å². The van der Waals surface area contributed by atoms with Gasteiger partial charge in [-0.15, -0.1) is 0 Å². The highest BCUT2D eigenvalue weighted by molar-refractivity contribution is 5.80. The third-order valence-electron chi connectivity index (χ3n) is 3.96. The number of amides is 2. The van der Waals surface area contributed by atoms with Crippen LogP contribution < -0.4 is 10.6 Å². The van der Waals surface area contributed by atoms with Gasteiger partial charge in [-0.3, -0.25) is 4.79 Å².